The molecule has 2 rings (SSSR count). The fourth-order valence-corrected chi connectivity index (χ4v) is 1.64. The number of aromatic nitrogens is 6. The van der Waals surface area contributed by atoms with Crippen LogP contribution in [-0.2, 0) is 17.1 Å². The monoisotopic (exact) mass is 229 g/mol. The van der Waals surface area contributed by atoms with Crippen LogP contribution in [-0.4, -0.2) is 38.4 Å². The van der Waals surface area contributed by atoms with E-state index in [2.05, 4.69) is 20.5 Å². The lowest BCUT2D eigenvalue weighted by Gasteiger charge is -1.98. The van der Waals surface area contributed by atoms with Crippen molar-refractivity contribution in [1.82, 2.24) is 30.0 Å². The van der Waals surface area contributed by atoms with Gasteiger partial charge in [0.15, 0.2) is 5.03 Å². The third-order valence-electron chi connectivity index (χ3n) is 1.59. The van der Waals surface area contributed by atoms with Crippen molar-refractivity contribution >= 4 is 10.0 Å². The van der Waals surface area contributed by atoms with E-state index in [9.17, 15) is 8.42 Å². The third kappa shape index (κ3) is 1.71. The van der Waals surface area contributed by atoms with Crippen molar-refractivity contribution in [3.8, 4) is 5.95 Å². The Morgan fingerprint density at radius 2 is 2.20 bits per heavy atom. The fraction of sp³-hybridized carbons (Fsp3) is 0.200. The van der Waals surface area contributed by atoms with Crippen LogP contribution in [0.15, 0.2) is 17.3 Å². The number of primary sulfonamides is 1. The summed E-state index contributed by atoms with van der Waals surface area (Å²) in [5.41, 5.74) is 0. The van der Waals surface area contributed by atoms with Gasteiger partial charge in [-0.05, 0) is 11.3 Å². The van der Waals surface area contributed by atoms with Gasteiger partial charge in [-0.2, -0.15) is 14.6 Å². The highest BCUT2D eigenvalue weighted by Crippen LogP contribution is 2.08. The van der Waals surface area contributed by atoms with Gasteiger partial charge in [0.05, 0.1) is 13.2 Å². The van der Waals surface area contributed by atoms with Crippen molar-refractivity contribution < 1.29 is 8.42 Å². The molecular formula is C5H7N7O2S. The maximum absolute atomic E-state index is 11.1. The molecule has 0 aliphatic rings. The van der Waals surface area contributed by atoms with Gasteiger partial charge < -0.3 is 0 Å². The predicted molar refractivity (Wildman–Crippen MR) is 47.3 cm³/mol. The summed E-state index contributed by atoms with van der Waals surface area (Å²) in [6.45, 7) is 0. The van der Waals surface area contributed by atoms with Gasteiger partial charge in [-0.15, -0.1) is 5.10 Å². The Hall–Kier alpha value is -1.81. The van der Waals surface area contributed by atoms with E-state index in [0.717, 1.165) is 4.68 Å². The van der Waals surface area contributed by atoms with E-state index in [0.29, 0.717) is 0 Å². The Kier molecular flexibility index (Phi) is 2.01. The maximum Gasteiger partial charge on any atom is 0.291 e. The standard InChI is InChI=1S/C5H7N7O2S/c1-11-9-5(8-10-11)12-4(2-3-7-12)15(6,13)14/h2-3H,1H3,(H2,6,13,14). The Labute approximate surface area is 84.5 Å². The van der Waals surface area contributed by atoms with E-state index in [4.69, 9.17) is 5.14 Å². The molecule has 0 radical (unpaired) electrons. The molecule has 0 bridgehead atoms. The summed E-state index contributed by atoms with van der Waals surface area (Å²) in [6, 6.07) is 1.26. The second kappa shape index (κ2) is 3.10. The summed E-state index contributed by atoms with van der Waals surface area (Å²) in [5.74, 6) is 0.0477. The second-order valence-corrected chi connectivity index (χ2v) is 4.21. The second-order valence-electron chi connectivity index (χ2n) is 2.71. The van der Waals surface area contributed by atoms with Crippen LogP contribution in [0, 0.1) is 0 Å². The zero-order chi connectivity index (χ0) is 11.1. The van der Waals surface area contributed by atoms with E-state index >= 15 is 0 Å². The van der Waals surface area contributed by atoms with Crippen molar-refractivity contribution in [2.75, 3.05) is 0 Å². The van der Waals surface area contributed by atoms with Crippen molar-refractivity contribution in [2.24, 2.45) is 12.2 Å². The molecule has 15 heavy (non-hydrogen) atoms. The van der Waals surface area contributed by atoms with Gasteiger partial charge in [-0.3, -0.25) is 0 Å². The van der Waals surface area contributed by atoms with Gasteiger partial charge in [-0.25, -0.2) is 13.6 Å². The molecule has 2 aromatic rings. The Morgan fingerprint density at radius 1 is 1.47 bits per heavy atom. The number of aryl methyl sites for hydroxylation is 1. The van der Waals surface area contributed by atoms with Crippen LogP contribution in [0.1, 0.15) is 0 Å². The molecule has 0 aliphatic heterocycles. The highest BCUT2D eigenvalue weighted by molar-refractivity contribution is 7.89. The number of hydrogen-bond acceptors (Lipinski definition) is 6. The molecule has 0 saturated heterocycles. The summed E-state index contributed by atoms with van der Waals surface area (Å²) >= 11 is 0. The molecule has 10 heteroatoms. The average molecular weight is 229 g/mol. The summed E-state index contributed by atoms with van der Waals surface area (Å²) < 4.78 is 23.3. The molecule has 9 nitrogen and oxygen atoms in total. The van der Waals surface area contributed by atoms with E-state index < -0.39 is 10.0 Å². The number of tetrazole rings is 1. The first-order valence-corrected chi connectivity index (χ1v) is 5.34. The lowest BCUT2D eigenvalue weighted by atomic mass is 10.7. The van der Waals surface area contributed by atoms with E-state index in [1.807, 2.05) is 0 Å². The van der Waals surface area contributed by atoms with Crippen LogP contribution in [0.3, 0.4) is 0 Å². The first-order chi connectivity index (χ1) is 6.98. The zero-order valence-electron chi connectivity index (χ0n) is 7.64. The number of rotatable bonds is 2. The first-order valence-electron chi connectivity index (χ1n) is 3.80. The number of nitrogens with two attached hydrogens (primary N) is 1. The predicted octanol–water partition coefficient (Wildman–Crippen LogP) is -1.96. The number of hydrogen-bond donors (Lipinski definition) is 1. The van der Waals surface area contributed by atoms with Crippen LogP contribution in [0.4, 0.5) is 0 Å². The van der Waals surface area contributed by atoms with Gasteiger partial charge in [-0.1, -0.05) is 5.10 Å². The SMILES string of the molecule is Cn1nnc(-n2nccc2S(N)(=O)=O)n1. The largest absolute Gasteiger partial charge is 0.291 e. The molecule has 0 atom stereocenters. The average Bonchev–Trinajstić information content (AvgIpc) is 2.68. The summed E-state index contributed by atoms with van der Waals surface area (Å²) in [5, 5.41) is 19.5. The Bertz CT molecular complexity index is 582. The number of sulfonamides is 1. The highest BCUT2D eigenvalue weighted by atomic mass is 32.2. The Balaban J connectivity index is 2.60. The Morgan fingerprint density at radius 3 is 2.73 bits per heavy atom. The third-order valence-corrected chi connectivity index (χ3v) is 2.48. The molecule has 0 saturated carbocycles. The topological polar surface area (TPSA) is 122 Å². The maximum atomic E-state index is 11.1. The van der Waals surface area contributed by atoms with Crippen LogP contribution >= 0.6 is 0 Å². The minimum absolute atomic E-state index is 0.0477. The highest BCUT2D eigenvalue weighted by Gasteiger charge is 2.18. The normalized spacial score (nSPS) is 11.9. The molecule has 2 N–H and O–H groups in total. The molecule has 0 fully saturated rings. The molecular weight excluding hydrogens is 222 g/mol. The van der Waals surface area contributed by atoms with Crippen LogP contribution < -0.4 is 5.14 Å². The fourth-order valence-electron chi connectivity index (χ4n) is 1.02. The summed E-state index contributed by atoms with van der Waals surface area (Å²) in [4.78, 5) is 1.18. The zero-order valence-corrected chi connectivity index (χ0v) is 8.46. The minimum atomic E-state index is -3.85. The van der Waals surface area contributed by atoms with E-state index in [1.165, 1.54) is 17.1 Å². The van der Waals surface area contributed by atoms with Crippen molar-refractivity contribution in [1.29, 1.82) is 0 Å². The molecule has 0 amide bonds. The smallest absolute Gasteiger partial charge is 0.223 e. The summed E-state index contributed by atoms with van der Waals surface area (Å²) in [7, 11) is -2.29. The van der Waals surface area contributed by atoms with Gasteiger partial charge >= 0.3 is 0 Å². The van der Waals surface area contributed by atoms with Gasteiger partial charge in [0.1, 0.15) is 0 Å². The lowest BCUT2D eigenvalue weighted by Crippen LogP contribution is -2.17. The van der Waals surface area contributed by atoms with Crippen molar-refractivity contribution in [3.05, 3.63) is 12.3 Å². The van der Waals surface area contributed by atoms with Crippen LogP contribution in [0.25, 0.3) is 5.95 Å². The molecule has 80 valence electrons. The minimum Gasteiger partial charge on any atom is -0.223 e. The number of nitrogens with zero attached hydrogens (tertiary/aromatic N) is 6. The molecule has 2 heterocycles. The quantitative estimate of drug-likeness (QED) is 0.638. The van der Waals surface area contributed by atoms with Crippen LogP contribution in [0.5, 0.6) is 0 Å². The van der Waals surface area contributed by atoms with E-state index in [1.54, 1.807) is 7.05 Å². The molecule has 0 aromatic carbocycles. The van der Waals surface area contributed by atoms with Crippen molar-refractivity contribution in [3.63, 3.8) is 0 Å². The van der Waals surface area contributed by atoms with Gasteiger partial charge in [0, 0.05) is 0 Å². The van der Waals surface area contributed by atoms with Gasteiger partial charge in [0.2, 0.25) is 0 Å². The summed E-state index contributed by atoms with van der Waals surface area (Å²) in [6.07, 6.45) is 1.29. The molecule has 0 spiro atoms. The molecule has 0 aliphatic carbocycles. The lowest BCUT2D eigenvalue weighted by molar-refractivity contribution is 0.584. The molecule has 2 aromatic heterocycles. The van der Waals surface area contributed by atoms with Gasteiger partial charge in [0.25, 0.3) is 16.0 Å². The van der Waals surface area contributed by atoms with Crippen molar-refractivity contribution in [2.45, 2.75) is 5.03 Å². The molecule has 0 unspecified atom stereocenters. The van der Waals surface area contributed by atoms with E-state index in [-0.39, 0.29) is 11.0 Å². The van der Waals surface area contributed by atoms with Crippen LogP contribution in [0.2, 0.25) is 0 Å². The first kappa shape index (κ1) is 9.73.